The van der Waals surface area contributed by atoms with Crippen molar-refractivity contribution in [2.24, 2.45) is 5.41 Å². The van der Waals surface area contributed by atoms with Gasteiger partial charge in [-0.1, -0.05) is 19.1 Å². The van der Waals surface area contributed by atoms with Crippen LogP contribution in [0.15, 0.2) is 24.3 Å². The number of rotatable bonds is 6. The summed E-state index contributed by atoms with van der Waals surface area (Å²) in [6.07, 6.45) is 3.17. The summed E-state index contributed by atoms with van der Waals surface area (Å²) < 4.78 is 5.67. The minimum absolute atomic E-state index is 0.102. The molecule has 1 aliphatic carbocycles. The lowest BCUT2D eigenvalue weighted by Crippen LogP contribution is -2.17. The summed E-state index contributed by atoms with van der Waals surface area (Å²) in [4.78, 5) is 10.7. The number of ether oxygens (including phenoxy) is 1. The second-order valence-electron chi connectivity index (χ2n) is 4.86. The molecule has 1 fully saturated rings. The van der Waals surface area contributed by atoms with Crippen molar-refractivity contribution in [2.75, 3.05) is 6.61 Å². The highest BCUT2D eigenvalue weighted by atomic mass is 16.5. The van der Waals surface area contributed by atoms with E-state index in [1.165, 1.54) is 5.56 Å². The molecule has 1 aliphatic rings. The van der Waals surface area contributed by atoms with Crippen LogP contribution in [-0.4, -0.2) is 17.7 Å². The fourth-order valence-electron chi connectivity index (χ4n) is 1.93. The third-order valence-electron chi connectivity index (χ3n) is 3.36. The molecule has 1 N–H and O–H groups in total. The van der Waals surface area contributed by atoms with E-state index in [-0.39, 0.29) is 11.8 Å². The molecule has 0 unspecified atom stereocenters. The Labute approximate surface area is 101 Å². The van der Waals surface area contributed by atoms with E-state index in [1.54, 1.807) is 0 Å². The van der Waals surface area contributed by atoms with Gasteiger partial charge in [-0.3, -0.25) is 4.79 Å². The number of hydrogen-bond acceptors (Lipinski definition) is 2. The molecule has 0 radical (unpaired) electrons. The average Bonchev–Trinajstić information content (AvgIpc) is 3.06. The Morgan fingerprint density at radius 1 is 1.35 bits per heavy atom. The molecule has 0 atom stereocenters. The van der Waals surface area contributed by atoms with Gasteiger partial charge in [-0.25, -0.2) is 0 Å². The van der Waals surface area contributed by atoms with E-state index >= 15 is 0 Å². The van der Waals surface area contributed by atoms with E-state index in [2.05, 4.69) is 6.92 Å². The molecule has 0 heterocycles. The zero-order valence-electron chi connectivity index (χ0n) is 10.1. The van der Waals surface area contributed by atoms with Crippen LogP contribution >= 0.6 is 0 Å². The lowest BCUT2D eigenvalue weighted by atomic mass is 10.0. The van der Waals surface area contributed by atoms with Crippen molar-refractivity contribution in [1.82, 2.24) is 0 Å². The molecule has 92 valence electrons. The number of benzene rings is 1. The summed E-state index contributed by atoms with van der Waals surface area (Å²) >= 11 is 0. The van der Waals surface area contributed by atoms with Crippen molar-refractivity contribution >= 4 is 5.97 Å². The van der Waals surface area contributed by atoms with E-state index in [1.807, 2.05) is 24.3 Å². The van der Waals surface area contributed by atoms with Crippen LogP contribution in [0.1, 0.15) is 31.7 Å². The van der Waals surface area contributed by atoms with Crippen LogP contribution in [0.5, 0.6) is 5.75 Å². The number of carboxylic acid groups (broad SMARTS) is 1. The molecular formula is C14H18O3. The van der Waals surface area contributed by atoms with Gasteiger partial charge in [0.2, 0.25) is 0 Å². The quantitative estimate of drug-likeness (QED) is 0.823. The van der Waals surface area contributed by atoms with Gasteiger partial charge in [-0.2, -0.15) is 0 Å². The molecule has 1 aromatic carbocycles. The van der Waals surface area contributed by atoms with E-state index in [9.17, 15) is 4.79 Å². The van der Waals surface area contributed by atoms with Crippen molar-refractivity contribution in [2.45, 2.75) is 32.6 Å². The van der Waals surface area contributed by atoms with Gasteiger partial charge in [0.25, 0.3) is 0 Å². The third kappa shape index (κ3) is 3.22. The highest BCUT2D eigenvalue weighted by Gasteiger charge is 2.45. The van der Waals surface area contributed by atoms with E-state index in [0.29, 0.717) is 6.61 Å². The van der Waals surface area contributed by atoms with Gasteiger partial charge in [-0.05, 0) is 37.0 Å². The second kappa shape index (κ2) is 4.78. The van der Waals surface area contributed by atoms with Crippen molar-refractivity contribution in [3.05, 3.63) is 29.8 Å². The minimum Gasteiger partial charge on any atom is -0.493 e. The third-order valence-corrected chi connectivity index (χ3v) is 3.36. The zero-order valence-corrected chi connectivity index (χ0v) is 10.1. The lowest BCUT2D eigenvalue weighted by molar-refractivity contribution is -0.138. The minimum atomic E-state index is -0.729. The van der Waals surface area contributed by atoms with Gasteiger partial charge in [0.05, 0.1) is 13.0 Å². The smallest absolute Gasteiger partial charge is 0.304 e. The van der Waals surface area contributed by atoms with Crippen LogP contribution in [0.25, 0.3) is 0 Å². The molecule has 0 saturated heterocycles. The molecular weight excluding hydrogens is 216 g/mol. The fraction of sp³-hybridized carbons (Fsp3) is 0.500. The molecule has 17 heavy (non-hydrogen) atoms. The van der Waals surface area contributed by atoms with Gasteiger partial charge in [0.1, 0.15) is 5.75 Å². The Hall–Kier alpha value is -1.51. The number of aryl methyl sites for hydroxylation is 1. The predicted octanol–water partition coefficient (Wildman–Crippen LogP) is 2.88. The molecule has 3 nitrogen and oxygen atoms in total. The first-order valence-corrected chi connectivity index (χ1v) is 6.07. The Kier molecular flexibility index (Phi) is 3.36. The maximum Gasteiger partial charge on any atom is 0.304 e. The first kappa shape index (κ1) is 12.0. The normalized spacial score (nSPS) is 16.5. The van der Waals surface area contributed by atoms with Crippen molar-refractivity contribution in [3.8, 4) is 5.75 Å². The van der Waals surface area contributed by atoms with Gasteiger partial charge in [0.15, 0.2) is 0 Å². The molecule has 1 aromatic rings. The average molecular weight is 234 g/mol. The Morgan fingerprint density at radius 3 is 2.47 bits per heavy atom. The summed E-state index contributed by atoms with van der Waals surface area (Å²) in [6, 6.07) is 8.00. The van der Waals surface area contributed by atoms with Crippen LogP contribution in [0.2, 0.25) is 0 Å². The topological polar surface area (TPSA) is 46.5 Å². The van der Waals surface area contributed by atoms with Gasteiger partial charge in [0, 0.05) is 5.41 Å². The molecule has 0 amide bonds. The Bertz CT molecular complexity index is 390. The second-order valence-corrected chi connectivity index (χ2v) is 4.86. The number of aliphatic carboxylic acids is 1. The van der Waals surface area contributed by atoms with E-state index < -0.39 is 5.97 Å². The van der Waals surface area contributed by atoms with Gasteiger partial charge < -0.3 is 9.84 Å². The largest absolute Gasteiger partial charge is 0.493 e. The summed E-state index contributed by atoms with van der Waals surface area (Å²) in [6.45, 7) is 2.63. The van der Waals surface area contributed by atoms with Crippen LogP contribution in [0, 0.1) is 5.41 Å². The highest BCUT2D eigenvalue weighted by Crippen LogP contribution is 2.48. The predicted molar refractivity (Wildman–Crippen MR) is 65.2 cm³/mol. The first-order valence-electron chi connectivity index (χ1n) is 6.07. The zero-order chi connectivity index (χ0) is 12.3. The molecule has 1 saturated carbocycles. The van der Waals surface area contributed by atoms with Crippen molar-refractivity contribution in [3.63, 3.8) is 0 Å². The summed E-state index contributed by atoms with van der Waals surface area (Å²) in [5, 5.41) is 8.80. The van der Waals surface area contributed by atoms with Gasteiger partial charge in [-0.15, -0.1) is 0 Å². The monoisotopic (exact) mass is 234 g/mol. The molecule has 0 aliphatic heterocycles. The Balaban J connectivity index is 1.87. The van der Waals surface area contributed by atoms with Crippen molar-refractivity contribution < 1.29 is 14.6 Å². The lowest BCUT2D eigenvalue weighted by Gasteiger charge is -2.14. The first-order chi connectivity index (χ1) is 8.13. The number of carboxylic acids is 1. The standard InChI is InChI=1S/C14H18O3/c1-2-11-3-5-12(6-4-11)17-10-14(7-8-14)9-13(15)16/h3-6H,2,7-10H2,1H3,(H,15,16). The van der Waals surface area contributed by atoms with Crippen LogP contribution in [-0.2, 0) is 11.2 Å². The molecule has 2 rings (SSSR count). The van der Waals surface area contributed by atoms with Crippen LogP contribution in [0.3, 0.4) is 0 Å². The SMILES string of the molecule is CCc1ccc(OCC2(CC(=O)O)CC2)cc1. The van der Waals surface area contributed by atoms with Crippen LogP contribution in [0.4, 0.5) is 0 Å². The summed E-state index contributed by atoms with van der Waals surface area (Å²) in [7, 11) is 0. The highest BCUT2D eigenvalue weighted by molar-refractivity contribution is 5.68. The van der Waals surface area contributed by atoms with Crippen molar-refractivity contribution in [1.29, 1.82) is 0 Å². The molecule has 0 bridgehead atoms. The summed E-state index contributed by atoms with van der Waals surface area (Å²) in [5.41, 5.74) is 1.18. The van der Waals surface area contributed by atoms with E-state index in [0.717, 1.165) is 25.0 Å². The number of carbonyl (C=O) groups is 1. The molecule has 3 heteroatoms. The fourth-order valence-corrected chi connectivity index (χ4v) is 1.93. The summed E-state index contributed by atoms with van der Waals surface area (Å²) in [5.74, 6) is 0.103. The maximum absolute atomic E-state index is 10.7. The maximum atomic E-state index is 10.7. The van der Waals surface area contributed by atoms with Crippen LogP contribution < -0.4 is 4.74 Å². The Morgan fingerprint density at radius 2 is 2.00 bits per heavy atom. The number of hydrogen-bond donors (Lipinski definition) is 1. The molecule has 0 spiro atoms. The molecule has 0 aromatic heterocycles. The van der Waals surface area contributed by atoms with Gasteiger partial charge >= 0.3 is 5.97 Å². The van der Waals surface area contributed by atoms with E-state index in [4.69, 9.17) is 9.84 Å².